The summed E-state index contributed by atoms with van der Waals surface area (Å²) in [4.78, 5) is 48.8. The number of carboxylic acids is 4. The molecule has 57 heavy (non-hydrogen) atoms. The average molecular weight is 837 g/mol. The number of aliphatic carboxylic acids is 4. The topological polar surface area (TPSA) is 394 Å². The van der Waals surface area contributed by atoms with Gasteiger partial charge in [-0.15, -0.1) is 0 Å². The van der Waals surface area contributed by atoms with Crippen LogP contribution >= 0.6 is 0 Å². The molecule has 13 unspecified atom stereocenters. The minimum absolute atomic E-state index is 0.461. The highest BCUT2D eigenvalue weighted by atomic mass is 16.8. The Hall–Kier alpha value is -2.80. The number of hydrogen-bond acceptors (Lipinski definition) is 21. The lowest BCUT2D eigenvalue weighted by molar-refractivity contribution is -0.375. The van der Waals surface area contributed by atoms with Crippen molar-refractivity contribution in [3.05, 3.63) is 0 Å². The van der Waals surface area contributed by atoms with Crippen LogP contribution in [0.3, 0.4) is 0 Å². The number of carboxylic acid groups (broad SMARTS) is 4. The quantitative estimate of drug-likeness (QED) is 0.0509. The fourth-order valence-electron chi connectivity index (χ4n) is 6.24. The molecule has 3 aliphatic rings. The number of carbonyl (C=O) groups is 4. The van der Waals surface area contributed by atoms with E-state index in [1.165, 1.54) is 20.8 Å². The maximum absolute atomic E-state index is 12.4. The van der Waals surface area contributed by atoms with Crippen molar-refractivity contribution in [1.82, 2.24) is 0 Å². The molecule has 0 radical (unpaired) electrons. The minimum atomic E-state index is -2.40. The molecular weight excluding hydrogens is 784 g/mol. The molecule has 0 bridgehead atoms. The monoisotopic (exact) mass is 836 g/mol. The van der Waals surface area contributed by atoms with Gasteiger partial charge in [-0.1, -0.05) is 0 Å². The van der Waals surface area contributed by atoms with Crippen LogP contribution in [0.15, 0.2) is 0 Å². The molecule has 0 aromatic rings. The Kier molecular flexibility index (Phi) is 17.8. The molecule has 3 fully saturated rings. The van der Waals surface area contributed by atoms with Gasteiger partial charge in [-0.2, -0.15) is 0 Å². The fraction of sp³-hybridized carbons (Fsp3) is 0.875. The summed E-state index contributed by atoms with van der Waals surface area (Å²) in [5, 5.41) is 125. The Balaban J connectivity index is 1.84. The van der Waals surface area contributed by atoms with E-state index in [-0.39, 0.29) is 0 Å². The summed E-state index contributed by atoms with van der Waals surface area (Å²) in [6.07, 6.45) is -42.2. The molecule has 3 aliphatic heterocycles. The molecule has 0 spiro atoms. The molecule has 0 saturated carbocycles. The van der Waals surface area contributed by atoms with E-state index >= 15 is 0 Å². The zero-order chi connectivity index (χ0) is 43.2. The summed E-state index contributed by atoms with van der Waals surface area (Å²) in [5.41, 5.74) is 0. The molecular formula is C32H52O25. The van der Waals surface area contributed by atoms with Crippen LogP contribution in [0.1, 0.15) is 41.0 Å². The first kappa shape index (κ1) is 48.6. The van der Waals surface area contributed by atoms with Gasteiger partial charge in [0, 0.05) is 6.61 Å². The number of ether oxygens (including phenoxy) is 9. The zero-order valence-electron chi connectivity index (χ0n) is 31.2. The van der Waals surface area contributed by atoms with Gasteiger partial charge in [-0.25, -0.2) is 19.2 Å². The third-order valence-corrected chi connectivity index (χ3v) is 8.81. The number of rotatable bonds is 20. The lowest BCUT2D eigenvalue weighted by atomic mass is 9.95. The smallest absolute Gasteiger partial charge is 0.335 e. The molecule has 3 heterocycles. The summed E-state index contributed by atoms with van der Waals surface area (Å²) in [6.45, 7) is 6.82. The Morgan fingerprint density at radius 1 is 0.561 bits per heavy atom. The van der Waals surface area contributed by atoms with Gasteiger partial charge in [-0.05, 0) is 41.0 Å². The number of aliphatic hydroxyl groups excluding tert-OH is 8. The van der Waals surface area contributed by atoms with Gasteiger partial charge in [0.15, 0.2) is 49.6 Å². The largest absolute Gasteiger partial charge is 0.479 e. The van der Waals surface area contributed by atoms with E-state index in [1.807, 2.05) is 0 Å². The standard InChI is InChI=1S/C32H52O25/c1-8(2)49-10(5)51-22(26(41)42)18(11(34)6-7-33)52-30-16(39)13(36)20(24(56-30)28(45)46)54-32-17(40)14(37)21(25(57-32)29(47)48)53-31-15(38)12(35)19(50-9(3)4)23(55-31)27(43)44/h8-25,30-40H,6-7H2,1-5H3,(H,41,42)(H,43,44)(H,45,46)(H,47,48)/t10?,11?,12?,13?,14?,15?,16?,17?,18?,19-,20-,21-,22?,23?,24?,25?,30+,31+,32+/m0/s1. The van der Waals surface area contributed by atoms with Crippen molar-refractivity contribution in [1.29, 1.82) is 0 Å². The summed E-state index contributed by atoms with van der Waals surface area (Å²) in [5.74, 6) is -7.28. The van der Waals surface area contributed by atoms with Crippen LogP contribution in [0, 0.1) is 0 Å². The van der Waals surface area contributed by atoms with Crippen LogP contribution in [0.4, 0.5) is 0 Å². The molecule has 3 saturated heterocycles. The molecule has 0 aromatic heterocycles. The van der Waals surface area contributed by atoms with E-state index in [1.54, 1.807) is 13.8 Å². The summed E-state index contributed by atoms with van der Waals surface area (Å²) >= 11 is 0. The zero-order valence-corrected chi connectivity index (χ0v) is 31.2. The molecule has 0 aliphatic carbocycles. The highest BCUT2D eigenvalue weighted by Crippen LogP contribution is 2.34. The molecule has 3 rings (SSSR count). The molecule has 330 valence electrons. The molecule has 0 amide bonds. The first-order chi connectivity index (χ1) is 26.5. The molecule has 12 N–H and O–H groups in total. The molecule has 0 aromatic carbocycles. The Bertz CT molecular complexity index is 1330. The highest BCUT2D eigenvalue weighted by Gasteiger charge is 2.57. The maximum atomic E-state index is 12.4. The van der Waals surface area contributed by atoms with Crippen molar-refractivity contribution < 1.29 is 123 Å². The van der Waals surface area contributed by atoms with Gasteiger partial charge < -0.3 is 104 Å². The third-order valence-electron chi connectivity index (χ3n) is 8.81. The Morgan fingerprint density at radius 2 is 0.965 bits per heavy atom. The van der Waals surface area contributed by atoms with Crippen molar-refractivity contribution in [3.63, 3.8) is 0 Å². The van der Waals surface area contributed by atoms with E-state index in [4.69, 9.17) is 42.6 Å². The van der Waals surface area contributed by atoms with Crippen LogP contribution in [0.5, 0.6) is 0 Å². The van der Waals surface area contributed by atoms with Crippen LogP contribution < -0.4 is 0 Å². The van der Waals surface area contributed by atoms with Crippen molar-refractivity contribution in [3.8, 4) is 0 Å². The van der Waals surface area contributed by atoms with Crippen molar-refractivity contribution in [2.45, 2.75) is 170 Å². The summed E-state index contributed by atoms with van der Waals surface area (Å²) in [6, 6.07) is 0. The second-order valence-electron chi connectivity index (χ2n) is 13.9. The average Bonchev–Trinajstić information content (AvgIpc) is 3.10. The van der Waals surface area contributed by atoms with Crippen molar-refractivity contribution in [2.24, 2.45) is 0 Å². The minimum Gasteiger partial charge on any atom is -0.479 e. The van der Waals surface area contributed by atoms with E-state index in [0.29, 0.717) is 0 Å². The number of aliphatic hydroxyl groups is 8. The van der Waals surface area contributed by atoms with Gasteiger partial charge in [-0.3, -0.25) is 0 Å². The SMILES string of the molecule is CC(C)OC(C)OC(C(=O)O)C(O[C@@H]1OC(C(=O)O)[C@@H](O[C@@H]2OC(C(=O)O)[C@@H](O[C@@H]3OC(C(=O)O)[C@@H](OC(C)C)C(O)C3O)C(O)C2O)C(O)C1O)C(O)CCO. The van der Waals surface area contributed by atoms with Gasteiger partial charge in [0.05, 0.1) is 18.3 Å². The normalized spacial score (nSPS) is 38.3. The molecule has 25 heteroatoms. The molecule has 19 atom stereocenters. The van der Waals surface area contributed by atoms with E-state index in [2.05, 4.69) is 0 Å². The highest BCUT2D eigenvalue weighted by molar-refractivity contribution is 5.75. The van der Waals surface area contributed by atoms with Gasteiger partial charge in [0.2, 0.25) is 0 Å². The maximum Gasteiger partial charge on any atom is 0.335 e. The Labute approximate surface area is 323 Å². The van der Waals surface area contributed by atoms with Gasteiger partial charge in [0.1, 0.15) is 61.0 Å². The van der Waals surface area contributed by atoms with Crippen molar-refractivity contribution >= 4 is 23.9 Å². The fourth-order valence-corrected chi connectivity index (χ4v) is 6.24. The second kappa shape index (κ2) is 20.9. The van der Waals surface area contributed by atoms with Crippen LogP contribution in [-0.4, -0.2) is 221 Å². The van der Waals surface area contributed by atoms with Crippen molar-refractivity contribution in [2.75, 3.05) is 6.61 Å². The van der Waals surface area contributed by atoms with E-state index in [0.717, 1.165) is 0 Å². The number of hydrogen-bond donors (Lipinski definition) is 12. The second-order valence-corrected chi connectivity index (χ2v) is 13.9. The van der Waals surface area contributed by atoms with Crippen LogP contribution in [0.25, 0.3) is 0 Å². The lowest BCUT2D eigenvalue weighted by Crippen LogP contribution is -2.68. The first-order valence-electron chi connectivity index (χ1n) is 17.7. The molecule has 25 nitrogen and oxygen atoms in total. The third kappa shape index (κ3) is 11.9. The van der Waals surface area contributed by atoms with Gasteiger partial charge >= 0.3 is 23.9 Å². The Morgan fingerprint density at radius 3 is 1.35 bits per heavy atom. The summed E-state index contributed by atoms with van der Waals surface area (Å²) in [7, 11) is 0. The lowest BCUT2D eigenvalue weighted by Gasteiger charge is -2.47. The predicted molar refractivity (Wildman–Crippen MR) is 175 cm³/mol. The van der Waals surface area contributed by atoms with E-state index in [9.17, 15) is 80.5 Å². The first-order valence-corrected chi connectivity index (χ1v) is 17.7. The van der Waals surface area contributed by atoms with Crippen LogP contribution in [0.2, 0.25) is 0 Å². The summed E-state index contributed by atoms with van der Waals surface area (Å²) < 4.78 is 48.2. The predicted octanol–water partition coefficient (Wildman–Crippen LogP) is -5.49. The van der Waals surface area contributed by atoms with Gasteiger partial charge in [0.25, 0.3) is 0 Å². The van der Waals surface area contributed by atoms with Crippen LogP contribution in [-0.2, 0) is 61.8 Å². The van der Waals surface area contributed by atoms with E-state index < -0.39 is 166 Å².